The molecule has 0 aliphatic heterocycles. The molecule has 0 aliphatic rings. The molecule has 1 unspecified atom stereocenters. The minimum atomic E-state index is -0.984. The highest BCUT2D eigenvalue weighted by Gasteiger charge is 2.15. The molecule has 0 amide bonds. The maximum Gasteiger partial charge on any atom is 0.129 e. The first-order valence-corrected chi connectivity index (χ1v) is 6.61. The number of aromatic nitrogens is 1. The standard InChI is InChI=1S/C17H13F2NO/c18-14-4-1-5-15(19)13(14)10-17(21)12-7-6-11-3-2-8-20-16(11)9-12/h1-9,17,21H,10H2. The Morgan fingerprint density at radius 1 is 1.00 bits per heavy atom. The second-order valence-electron chi connectivity index (χ2n) is 4.88. The zero-order valence-electron chi connectivity index (χ0n) is 11.1. The van der Waals surface area contributed by atoms with Crippen LogP contribution in [0.4, 0.5) is 8.78 Å². The van der Waals surface area contributed by atoms with E-state index in [0.29, 0.717) is 5.56 Å². The quantitative estimate of drug-likeness (QED) is 0.794. The topological polar surface area (TPSA) is 33.1 Å². The van der Waals surface area contributed by atoms with Gasteiger partial charge in [-0.2, -0.15) is 0 Å². The molecule has 2 nitrogen and oxygen atoms in total. The first kappa shape index (κ1) is 13.6. The minimum Gasteiger partial charge on any atom is -0.388 e. The summed E-state index contributed by atoms with van der Waals surface area (Å²) in [6.07, 6.45) is 0.564. The molecule has 2 aromatic carbocycles. The summed E-state index contributed by atoms with van der Waals surface area (Å²) in [7, 11) is 0. The van der Waals surface area contributed by atoms with E-state index in [1.165, 1.54) is 18.2 Å². The first-order chi connectivity index (χ1) is 10.1. The van der Waals surface area contributed by atoms with Gasteiger partial charge in [0, 0.05) is 23.6 Å². The van der Waals surface area contributed by atoms with Gasteiger partial charge in [0.15, 0.2) is 0 Å². The molecule has 106 valence electrons. The van der Waals surface area contributed by atoms with Crippen molar-refractivity contribution in [3.8, 4) is 0 Å². The predicted octanol–water partition coefficient (Wildman–Crippen LogP) is 3.79. The van der Waals surface area contributed by atoms with Crippen LogP contribution in [0.3, 0.4) is 0 Å². The fraction of sp³-hybridized carbons (Fsp3) is 0.118. The lowest BCUT2D eigenvalue weighted by Crippen LogP contribution is -2.06. The molecular weight excluding hydrogens is 272 g/mol. The molecule has 0 fully saturated rings. The highest BCUT2D eigenvalue weighted by Crippen LogP contribution is 2.24. The zero-order valence-corrected chi connectivity index (χ0v) is 11.1. The van der Waals surface area contributed by atoms with Crippen molar-refractivity contribution in [3.05, 3.63) is 77.5 Å². The van der Waals surface area contributed by atoms with E-state index < -0.39 is 17.7 Å². The molecule has 1 heterocycles. The fourth-order valence-corrected chi connectivity index (χ4v) is 2.33. The average Bonchev–Trinajstić information content (AvgIpc) is 2.50. The SMILES string of the molecule is OC(Cc1c(F)cccc1F)c1ccc2cccnc2c1. The van der Waals surface area contributed by atoms with Gasteiger partial charge in [0.2, 0.25) is 0 Å². The summed E-state index contributed by atoms with van der Waals surface area (Å²) in [4.78, 5) is 4.21. The van der Waals surface area contributed by atoms with Gasteiger partial charge in [0.1, 0.15) is 11.6 Å². The Morgan fingerprint density at radius 2 is 1.76 bits per heavy atom. The summed E-state index contributed by atoms with van der Waals surface area (Å²) in [5.41, 5.74) is 1.22. The summed E-state index contributed by atoms with van der Waals surface area (Å²) >= 11 is 0. The fourth-order valence-electron chi connectivity index (χ4n) is 2.33. The number of pyridine rings is 1. The smallest absolute Gasteiger partial charge is 0.129 e. The second-order valence-corrected chi connectivity index (χ2v) is 4.88. The van der Waals surface area contributed by atoms with E-state index in [-0.39, 0.29) is 12.0 Å². The lowest BCUT2D eigenvalue weighted by Gasteiger charge is -2.13. The average molecular weight is 285 g/mol. The summed E-state index contributed by atoms with van der Waals surface area (Å²) in [6, 6.07) is 12.7. The van der Waals surface area contributed by atoms with E-state index in [0.717, 1.165) is 10.9 Å². The minimum absolute atomic E-state index is 0.105. The van der Waals surface area contributed by atoms with E-state index in [9.17, 15) is 13.9 Å². The van der Waals surface area contributed by atoms with Crippen molar-refractivity contribution < 1.29 is 13.9 Å². The van der Waals surface area contributed by atoms with Crippen LogP contribution in [-0.2, 0) is 6.42 Å². The van der Waals surface area contributed by atoms with Crippen molar-refractivity contribution >= 4 is 10.9 Å². The third-order valence-corrected chi connectivity index (χ3v) is 3.47. The van der Waals surface area contributed by atoms with Crippen LogP contribution in [0, 0.1) is 11.6 Å². The molecule has 0 spiro atoms. The van der Waals surface area contributed by atoms with Crippen molar-refractivity contribution in [2.45, 2.75) is 12.5 Å². The van der Waals surface area contributed by atoms with Crippen LogP contribution in [0.25, 0.3) is 10.9 Å². The van der Waals surface area contributed by atoms with Crippen LogP contribution in [0.15, 0.2) is 54.7 Å². The third-order valence-electron chi connectivity index (χ3n) is 3.47. The Balaban J connectivity index is 1.91. The Bertz CT molecular complexity index is 768. The van der Waals surface area contributed by atoms with Gasteiger partial charge in [-0.15, -0.1) is 0 Å². The Kier molecular flexibility index (Phi) is 3.62. The molecule has 0 saturated carbocycles. The number of aliphatic hydroxyl groups is 1. The molecule has 4 heteroatoms. The van der Waals surface area contributed by atoms with E-state index in [1.807, 2.05) is 18.2 Å². The molecule has 1 aromatic heterocycles. The molecule has 3 rings (SSSR count). The van der Waals surface area contributed by atoms with E-state index >= 15 is 0 Å². The monoisotopic (exact) mass is 285 g/mol. The number of rotatable bonds is 3. The predicted molar refractivity (Wildman–Crippen MR) is 76.8 cm³/mol. The number of hydrogen-bond donors (Lipinski definition) is 1. The maximum absolute atomic E-state index is 13.6. The lowest BCUT2D eigenvalue weighted by molar-refractivity contribution is 0.176. The third kappa shape index (κ3) is 2.76. The van der Waals surface area contributed by atoms with E-state index in [2.05, 4.69) is 4.98 Å². The van der Waals surface area contributed by atoms with Gasteiger partial charge >= 0.3 is 0 Å². The van der Waals surface area contributed by atoms with Crippen molar-refractivity contribution in [1.29, 1.82) is 0 Å². The molecule has 1 atom stereocenters. The Morgan fingerprint density at radius 3 is 2.52 bits per heavy atom. The molecular formula is C17H13F2NO. The van der Waals surface area contributed by atoms with Crippen molar-refractivity contribution in [3.63, 3.8) is 0 Å². The van der Waals surface area contributed by atoms with Gasteiger partial charge in [-0.3, -0.25) is 4.98 Å². The van der Waals surface area contributed by atoms with Crippen LogP contribution in [0.2, 0.25) is 0 Å². The molecule has 0 saturated heterocycles. The van der Waals surface area contributed by atoms with Crippen LogP contribution in [0.1, 0.15) is 17.2 Å². The van der Waals surface area contributed by atoms with Gasteiger partial charge in [0.25, 0.3) is 0 Å². The number of hydrogen-bond acceptors (Lipinski definition) is 2. The van der Waals surface area contributed by atoms with Crippen molar-refractivity contribution in [2.24, 2.45) is 0 Å². The van der Waals surface area contributed by atoms with Crippen molar-refractivity contribution in [1.82, 2.24) is 4.98 Å². The molecule has 21 heavy (non-hydrogen) atoms. The van der Waals surface area contributed by atoms with Gasteiger partial charge in [0.05, 0.1) is 11.6 Å². The second kappa shape index (κ2) is 5.58. The number of fused-ring (bicyclic) bond motifs is 1. The molecule has 1 N–H and O–H groups in total. The molecule has 0 aliphatic carbocycles. The normalized spacial score (nSPS) is 12.5. The zero-order chi connectivity index (χ0) is 14.8. The highest BCUT2D eigenvalue weighted by molar-refractivity contribution is 5.78. The van der Waals surface area contributed by atoms with Crippen LogP contribution >= 0.6 is 0 Å². The van der Waals surface area contributed by atoms with Crippen LogP contribution in [0.5, 0.6) is 0 Å². The van der Waals surface area contributed by atoms with Gasteiger partial charge in [-0.1, -0.05) is 24.3 Å². The molecule has 0 radical (unpaired) electrons. The molecule has 0 bridgehead atoms. The Hall–Kier alpha value is -2.33. The van der Waals surface area contributed by atoms with E-state index in [1.54, 1.807) is 18.3 Å². The Labute approximate surface area is 120 Å². The van der Waals surface area contributed by atoms with Crippen LogP contribution < -0.4 is 0 Å². The number of nitrogens with zero attached hydrogens (tertiary/aromatic N) is 1. The van der Waals surface area contributed by atoms with Gasteiger partial charge in [-0.25, -0.2) is 8.78 Å². The summed E-state index contributed by atoms with van der Waals surface area (Å²) < 4.78 is 27.2. The molecule has 3 aromatic rings. The van der Waals surface area contributed by atoms with Crippen LogP contribution in [-0.4, -0.2) is 10.1 Å². The summed E-state index contributed by atoms with van der Waals surface area (Å²) in [5, 5.41) is 11.2. The number of aliphatic hydroxyl groups excluding tert-OH is 1. The van der Waals surface area contributed by atoms with E-state index in [4.69, 9.17) is 0 Å². The summed E-state index contributed by atoms with van der Waals surface area (Å²) in [6.45, 7) is 0. The van der Waals surface area contributed by atoms with Gasteiger partial charge < -0.3 is 5.11 Å². The largest absolute Gasteiger partial charge is 0.388 e. The maximum atomic E-state index is 13.6. The number of benzene rings is 2. The highest BCUT2D eigenvalue weighted by atomic mass is 19.1. The first-order valence-electron chi connectivity index (χ1n) is 6.61. The van der Waals surface area contributed by atoms with Gasteiger partial charge in [-0.05, 0) is 29.8 Å². The number of halogens is 2. The lowest BCUT2D eigenvalue weighted by atomic mass is 9.99. The summed E-state index contributed by atoms with van der Waals surface area (Å²) in [5.74, 6) is -1.29. The van der Waals surface area contributed by atoms with Crippen molar-refractivity contribution in [2.75, 3.05) is 0 Å².